The predicted molar refractivity (Wildman–Crippen MR) is 78.2 cm³/mol. The molecule has 0 aromatic heterocycles. The molecule has 0 aliphatic heterocycles. The van der Waals surface area contributed by atoms with Crippen LogP contribution in [0.3, 0.4) is 0 Å². The molecule has 0 radical (unpaired) electrons. The Morgan fingerprint density at radius 1 is 1.26 bits per heavy atom. The average molecular weight is 261 g/mol. The zero-order valence-electron chi connectivity index (χ0n) is 12.1. The standard InChI is InChI=1S/C16H23NO2/c1-4-12-17(14-8-6-5-7-9-14)15(19)10-11-16(2,3)13-18/h5-9,13H,4,10-12H2,1-3H3. The van der Waals surface area contributed by atoms with Gasteiger partial charge < -0.3 is 9.69 Å². The number of carbonyl (C=O) groups is 2. The van der Waals surface area contributed by atoms with Gasteiger partial charge in [-0.3, -0.25) is 4.79 Å². The molecule has 0 fully saturated rings. The number of hydrogen-bond acceptors (Lipinski definition) is 2. The number of benzene rings is 1. The van der Waals surface area contributed by atoms with Crippen LogP contribution in [0.2, 0.25) is 0 Å². The molecule has 0 unspecified atom stereocenters. The van der Waals surface area contributed by atoms with Crippen LogP contribution in [0.4, 0.5) is 5.69 Å². The van der Waals surface area contributed by atoms with Gasteiger partial charge in [0.05, 0.1) is 0 Å². The molecule has 0 N–H and O–H groups in total. The molecule has 3 nitrogen and oxygen atoms in total. The van der Waals surface area contributed by atoms with Gasteiger partial charge >= 0.3 is 0 Å². The molecule has 1 rings (SSSR count). The maximum Gasteiger partial charge on any atom is 0.227 e. The van der Waals surface area contributed by atoms with Crippen molar-refractivity contribution in [1.82, 2.24) is 0 Å². The van der Waals surface area contributed by atoms with Crippen LogP contribution in [0.1, 0.15) is 40.0 Å². The van der Waals surface area contributed by atoms with Crippen LogP contribution >= 0.6 is 0 Å². The molecule has 1 amide bonds. The number of hydrogen-bond donors (Lipinski definition) is 0. The summed E-state index contributed by atoms with van der Waals surface area (Å²) in [7, 11) is 0. The molecule has 19 heavy (non-hydrogen) atoms. The van der Waals surface area contributed by atoms with Gasteiger partial charge in [0.25, 0.3) is 0 Å². The van der Waals surface area contributed by atoms with Gasteiger partial charge in [-0.05, 0) is 25.0 Å². The van der Waals surface area contributed by atoms with E-state index in [2.05, 4.69) is 6.92 Å². The Balaban J connectivity index is 2.72. The highest BCUT2D eigenvalue weighted by atomic mass is 16.2. The van der Waals surface area contributed by atoms with E-state index in [1.165, 1.54) is 0 Å². The smallest absolute Gasteiger partial charge is 0.227 e. The van der Waals surface area contributed by atoms with Crippen LogP contribution in [0.25, 0.3) is 0 Å². The third-order valence-corrected chi connectivity index (χ3v) is 3.12. The molecule has 0 spiro atoms. The first-order valence-corrected chi connectivity index (χ1v) is 6.82. The van der Waals surface area contributed by atoms with E-state index in [0.29, 0.717) is 19.4 Å². The van der Waals surface area contributed by atoms with Crippen LogP contribution in [0.15, 0.2) is 30.3 Å². The number of carbonyl (C=O) groups excluding carboxylic acids is 2. The second kappa shape index (κ2) is 7.07. The summed E-state index contributed by atoms with van der Waals surface area (Å²) >= 11 is 0. The Hall–Kier alpha value is -1.64. The van der Waals surface area contributed by atoms with Gasteiger partial charge in [-0.25, -0.2) is 0 Å². The Kier molecular flexibility index (Phi) is 5.74. The van der Waals surface area contributed by atoms with Gasteiger partial charge in [-0.15, -0.1) is 0 Å². The second-order valence-electron chi connectivity index (χ2n) is 5.49. The molecular weight excluding hydrogens is 238 g/mol. The molecule has 0 saturated carbocycles. The lowest BCUT2D eigenvalue weighted by atomic mass is 9.89. The summed E-state index contributed by atoms with van der Waals surface area (Å²) in [4.78, 5) is 25.0. The summed E-state index contributed by atoms with van der Waals surface area (Å²) in [6.07, 6.45) is 2.83. The first-order chi connectivity index (χ1) is 9.00. The molecule has 0 saturated heterocycles. The van der Waals surface area contributed by atoms with E-state index >= 15 is 0 Å². The Morgan fingerprint density at radius 2 is 1.89 bits per heavy atom. The molecule has 0 aliphatic carbocycles. The average Bonchev–Trinajstić information content (AvgIpc) is 2.43. The number of rotatable bonds is 7. The van der Waals surface area contributed by atoms with Crippen molar-refractivity contribution in [1.29, 1.82) is 0 Å². The van der Waals surface area contributed by atoms with Crippen LogP contribution in [-0.4, -0.2) is 18.7 Å². The molecule has 0 aliphatic rings. The van der Waals surface area contributed by atoms with E-state index < -0.39 is 5.41 Å². The summed E-state index contributed by atoms with van der Waals surface area (Å²) in [5.74, 6) is 0.0861. The van der Waals surface area contributed by atoms with E-state index in [-0.39, 0.29) is 5.91 Å². The van der Waals surface area contributed by atoms with Gasteiger partial charge in [-0.1, -0.05) is 39.0 Å². The topological polar surface area (TPSA) is 37.4 Å². The Labute approximate surface area is 115 Å². The molecule has 0 heterocycles. The highest BCUT2D eigenvalue weighted by Gasteiger charge is 2.21. The number of para-hydroxylation sites is 1. The van der Waals surface area contributed by atoms with E-state index in [9.17, 15) is 9.59 Å². The molecule has 1 aromatic carbocycles. The quantitative estimate of drug-likeness (QED) is 0.705. The van der Waals surface area contributed by atoms with Crippen LogP contribution in [0.5, 0.6) is 0 Å². The highest BCUT2D eigenvalue weighted by molar-refractivity contribution is 5.93. The first-order valence-electron chi connectivity index (χ1n) is 6.82. The van der Waals surface area contributed by atoms with Crippen molar-refractivity contribution in [3.63, 3.8) is 0 Å². The third kappa shape index (κ3) is 4.86. The molecule has 104 valence electrons. The SMILES string of the molecule is CCCN(C(=O)CCC(C)(C)C=O)c1ccccc1. The van der Waals surface area contributed by atoms with E-state index in [4.69, 9.17) is 0 Å². The fraction of sp³-hybridized carbons (Fsp3) is 0.500. The number of amides is 1. The minimum absolute atomic E-state index is 0.0861. The van der Waals surface area contributed by atoms with Crippen molar-refractivity contribution in [3.05, 3.63) is 30.3 Å². The normalized spacial score (nSPS) is 11.1. The fourth-order valence-electron chi connectivity index (χ4n) is 1.85. The molecule has 0 atom stereocenters. The van der Waals surface area contributed by atoms with Gasteiger partial charge in [0, 0.05) is 24.1 Å². The summed E-state index contributed by atoms with van der Waals surface area (Å²) in [6, 6.07) is 9.69. The van der Waals surface area contributed by atoms with Crippen LogP contribution in [-0.2, 0) is 9.59 Å². The van der Waals surface area contributed by atoms with Gasteiger partial charge in [0.2, 0.25) is 5.91 Å². The highest BCUT2D eigenvalue weighted by Crippen LogP contribution is 2.22. The predicted octanol–water partition coefficient (Wildman–Crippen LogP) is 3.43. The monoisotopic (exact) mass is 261 g/mol. The summed E-state index contributed by atoms with van der Waals surface area (Å²) in [5.41, 5.74) is 0.503. The Bertz CT molecular complexity index is 412. The van der Waals surface area contributed by atoms with Gasteiger partial charge in [0.15, 0.2) is 0 Å². The van der Waals surface area contributed by atoms with Gasteiger partial charge in [0.1, 0.15) is 6.29 Å². The zero-order chi connectivity index (χ0) is 14.3. The summed E-state index contributed by atoms with van der Waals surface area (Å²) in [6.45, 7) is 6.49. The third-order valence-electron chi connectivity index (χ3n) is 3.12. The Morgan fingerprint density at radius 3 is 2.42 bits per heavy atom. The molecule has 0 bridgehead atoms. The number of anilines is 1. The van der Waals surface area contributed by atoms with Gasteiger partial charge in [-0.2, -0.15) is 0 Å². The molecular formula is C16H23NO2. The lowest BCUT2D eigenvalue weighted by Crippen LogP contribution is -2.32. The fourth-order valence-corrected chi connectivity index (χ4v) is 1.85. The van der Waals surface area contributed by atoms with E-state index in [0.717, 1.165) is 18.4 Å². The maximum atomic E-state index is 12.3. The largest absolute Gasteiger partial charge is 0.312 e. The second-order valence-corrected chi connectivity index (χ2v) is 5.49. The van der Waals surface area contributed by atoms with Crippen LogP contribution < -0.4 is 4.90 Å². The molecule has 1 aromatic rings. The van der Waals surface area contributed by atoms with Crippen molar-refractivity contribution < 1.29 is 9.59 Å². The minimum atomic E-state index is -0.426. The summed E-state index contributed by atoms with van der Waals surface area (Å²) < 4.78 is 0. The molecule has 3 heteroatoms. The van der Waals surface area contributed by atoms with Crippen molar-refractivity contribution in [2.45, 2.75) is 40.0 Å². The van der Waals surface area contributed by atoms with E-state index in [1.54, 1.807) is 4.90 Å². The minimum Gasteiger partial charge on any atom is -0.312 e. The number of aldehydes is 1. The lowest BCUT2D eigenvalue weighted by Gasteiger charge is -2.24. The summed E-state index contributed by atoms with van der Waals surface area (Å²) in [5, 5.41) is 0. The van der Waals surface area contributed by atoms with Crippen molar-refractivity contribution in [2.24, 2.45) is 5.41 Å². The van der Waals surface area contributed by atoms with Crippen molar-refractivity contribution in [3.8, 4) is 0 Å². The van der Waals surface area contributed by atoms with Crippen LogP contribution in [0, 0.1) is 5.41 Å². The zero-order valence-corrected chi connectivity index (χ0v) is 12.1. The first kappa shape index (κ1) is 15.4. The van der Waals surface area contributed by atoms with Crippen molar-refractivity contribution >= 4 is 17.9 Å². The lowest BCUT2D eigenvalue weighted by molar-refractivity contribution is -0.120. The number of nitrogens with zero attached hydrogens (tertiary/aromatic N) is 1. The maximum absolute atomic E-state index is 12.3. The van der Waals surface area contributed by atoms with Crippen molar-refractivity contribution in [2.75, 3.05) is 11.4 Å². The van der Waals surface area contributed by atoms with E-state index in [1.807, 2.05) is 44.2 Å².